The van der Waals surface area contributed by atoms with Crippen LogP contribution in [0.2, 0.25) is 0 Å². The molecule has 0 bridgehead atoms. The molecule has 214 valence electrons. The van der Waals surface area contributed by atoms with Gasteiger partial charge in [-0.25, -0.2) is 8.42 Å². The maximum atomic E-state index is 14.0. The Bertz CT molecular complexity index is 1360. The van der Waals surface area contributed by atoms with Crippen molar-refractivity contribution in [1.29, 1.82) is 0 Å². The number of benzene rings is 3. The number of anilines is 1. The molecule has 0 saturated heterocycles. The summed E-state index contributed by atoms with van der Waals surface area (Å²) in [5.41, 5.74) is 3.38. The van der Waals surface area contributed by atoms with E-state index in [4.69, 9.17) is 0 Å². The highest BCUT2D eigenvalue weighted by Gasteiger charge is 2.32. The summed E-state index contributed by atoms with van der Waals surface area (Å²) >= 11 is 0. The lowest BCUT2D eigenvalue weighted by Crippen LogP contribution is -2.51. The van der Waals surface area contributed by atoms with Crippen molar-refractivity contribution < 1.29 is 18.0 Å². The lowest BCUT2D eigenvalue weighted by atomic mass is 10.0. The maximum absolute atomic E-state index is 14.0. The fraction of sp³-hybridized carbons (Fsp3) is 0.375. The molecular weight excluding hydrogens is 522 g/mol. The monoisotopic (exact) mass is 563 g/mol. The van der Waals surface area contributed by atoms with Crippen LogP contribution in [-0.4, -0.2) is 44.3 Å². The molecule has 1 N–H and O–H groups in total. The number of nitrogens with zero attached hydrogens (tertiary/aromatic N) is 2. The molecule has 8 heteroatoms. The molecule has 0 radical (unpaired) electrons. The first-order chi connectivity index (χ1) is 19.0. The number of carbonyl (C=O) groups excluding carboxylic acids is 2. The molecule has 0 fully saturated rings. The first kappa shape index (κ1) is 30.9. The van der Waals surface area contributed by atoms with E-state index in [9.17, 15) is 18.0 Å². The highest BCUT2D eigenvalue weighted by atomic mass is 32.2. The molecule has 0 aliphatic rings. The minimum Gasteiger partial charge on any atom is -0.354 e. The normalized spacial score (nSPS) is 12.2. The van der Waals surface area contributed by atoms with Gasteiger partial charge in [0, 0.05) is 13.1 Å². The zero-order valence-corrected chi connectivity index (χ0v) is 24.9. The molecule has 3 aromatic carbocycles. The van der Waals surface area contributed by atoms with Gasteiger partial charge in [0.1, 0.15) is 12.6 Å². The van der Waals surface area contributed by atoms with Gasteiger partial charge in [0.15, 0.2) is 0 Å². The second-order valence-corrected chi connectivity index (χ2v) is 12.3. The van der Waals surface area contributed by atoms with Crippen molar-refractivity contribution in [1.82, 2.24) is 10.2 Å². The van der Waals surface area contributed by atoms with Gasteiger partial charge in [-0.3, -0.25) is 13.9 Å². The Morgan fingerprint density at radius 1 is 0.875 bits per heavy atom. The van der Waals surface area contributed by atoms with Crippen LogP contribution in [-0.2, 0) is 26.2 Å². The van der Waals surface area contributed by atoms with Gasteiger partial charge in [0.25, 0.3) is 10.0 Å². The second-order valence-electron chi connectivity index (χ2n) is 10.4. The number of amides is 2. The highest BCUT2D eigenvalue weighted by molar-refractivity contribution is 7.92. The van der Waals surface area contributed by atoms with Gasteiger partial charge in [-0.05, 0) is 61.6 Å². The van der Waals surface area contributed by atoms with Crippen molar-refractivity contribution in [3.8, 4) is 0 Å². The molecule has 0 aliphatic heterocycles. The molecule has 0 spiro atoms. The molecule has 1 unspecified atom stereocenters. The van der Waals surface area contributed by atoms with Gasteiger partial charge in [-0.2, -0.15) is 0 Å². The molecule has 2 amide bonds. The summed E-state index contributed by atoms with van der Waals surface area (Å²) in [5.74, 6) is -0.467. The van der Waals surface area contributed by atoms with E-state index in [2.05, 4.69) is 19.2 Å². The van der Waals surface area contributed by atoms with Gasteiger partial charge in [0.2, 0.25) is 11.8 Å². The minimum atomic E-state index is -4.07. The smallest absolute Gasteiger partial charge is 0.264 e. The average molecular weight is 564 g/mol. The van der Waals surface area contributed by atoms with Gasteiger partial charge < -0.3 is 10.2 Å². The lowest BCUT2D eigenvalue weighted by molar-refractivity contribution is -0.139. The number of hydrogen-bond donors (Lipinski definition) is 1. The number of rotatable bonds is 13. The number of carbonyl (C=O) groups is 2. The molecule has 0 aliphatic carbocycles. The Balaban J connectivity index is 1.99. The first-order valence-corrected chi connectivity index (χ1v) is 15.3. The van der Waals surface area contributed by atoms with Crippen LogP contribution in [0.1, 0.15) is 63.1 Å². The Hall–Kier alpha value is -3.65. The predicted molar refractivity (Wildman–Crippen MR) is 161 cm³/mol. The molecule has 7 nitrogen and oxygen atoms in total. The van der Waals surface area contributed by atoms with E-state index < -0.39 is 28.5 Å². The summed E-state index contributed by atoms with van der Waals surface area (Å²) in [7, 11) is -4.07. The number of aryl methyl sites for hydroxylation is 1. The van der Waals surface area contributed by atoms with Gasteiger partial charge in [0.05, 0.1) is 10.6 Å². The molecule has 3 rings (SSSR count). The summed E-state index contributed by atoms with van der Waals surface area (Å²) in [6, 6.07) is 22.2. The quantitative estimate of drug-likeness (QED) is 0.273. The molecular formula is C32H41N3O4S. The van der Waals surface area contributed by atoms with Gasteiger partial charge >= 0.3 is 0 Å². The van der Waals surface area contributed by atoms with Crippen LogP contribution in [0.3, 0.4) is 0 Å². The average Bonchev–Trinajstić information content (AvgIpc) is 2.95. The van der Waals surface area contributed by atoms with Crippen molar-refractivity contribution >= 4 is 27.5 Å². The molecule has 1 atom stereocenters. The van der Waals surface area contributed by atoms with Crippen molar-refractivity contribution in [3.05, 3.63) is 95.6 Å². The maximum Gasteiger partial charge on any atom is 0.264 e. The molecule has 40 heavy (non-hydrogen) atoms. The number of unbranched alkanes of at least 4 members (excludes halogenated alkanes) is 1. The zero-order valence-electron chi connectivity index (χ0n) is 24.1. The molecule has 3 aromatic rings. The van der Waals surface area contributed by atoms with Crippen LogP contribution >= 0.6 is 0 Å². The summed E-state index contributed by atoms with van der Waals surface area (Å²) in [5, 5.41) is 2.91. The van der Waals surface area contributed by atoms with Crippen LogP contribution in [0.4, 0.5) is 5.69 Å². The van der Waals surface area contributed by atoms with Gasteiger partial charge in [-0.1, -0.05) is 87.4 Å². The van der Waals surface area contributed by atoms with Crippen LogP contribution < -0.4 is 9.62 Å². The van der Waals surface area contributed by atoms with E-state index in [0.717, 1.165) is 33.8 Å². The van der Waals surface area contributed by atoms with Crippen LogP contribution in [0.5, 0.6) is 0 Å². The summed E-state index contributed by atoms with van der Waals surface area (Å²) in [6.07, 6.45) is 1.77. The third kappa shape index (κ3) is 7.94. The zero-order chi connectivity index (χ0) is 29.3. The minimum absolute atomic E-state index is 0.0891. The van der Waals surface area contributed by atoms with Crippen LogP contribution in [0, 0.1) is 6.92 Å². The Kier molecular flexibility index (Phi) is 10.9. The summed E-state index contributed by atoms with van der Waals surface area (Å²) in [4.78, 5) is 28.6. The van der Waals surface area contributed by atoms with E-state index in [1.807, 2.05) is 50.2 Å². The van der Waals surface area contributed by atoms with Crippen molar-refractivity contribution in [3.63, 3.8) is 0 Å². The van der Waals surface area contributed by atoms with E-state index in [-0.39, 0.29) is 23.3 Å². The van der Waals surface area contributed by atoms with E-state index in [1.165, 1.54) is 17.0 Å². The fourth-order valence-electron chi connectivity index (χ4n) is 4.28. The molecule has 0 heterocycles. The topological polar surface area (TPSA) is 86.8 Å². The van der Waals surface area contributed by atoms with Crippen molar-refractivity contribution in [2.24, 2.45) is 0 Å². The largest absolute Gasteiger partial charge is 0.354 e. The third-order valence-electron chi connectivity index (χ3n) is 6.93. The molecule has 0 aromatic heterocycles. The first-order valence-electron chi connectivity index (χ1n) is 13.8. The van der Waals surface area contributed by atoms with Crippen LogP contribution in [0.25, 0.3) is 0 Å². The van der Waals surface area contributed by atoms with E-state index >= 15 is 0 Å². The Labute approximate surface area is 239 Å². The predicted octanol–water partition coefficient (Wildman–Crippen LogP) is 5.65. The summed E-state index contributed by atoms with van der Waals surface area (Å²) in [6.45, 7) is 10.1. The highest BCUT2D eigenvalue weighted by Crippen LogP contribution is 2.26. The number of hydrogen-bond acceptors (Lipinski definition) is 4. The lowest BCUT2D eigenvalue weighted by Gasteiger charge is -2.32. The number of nitrogens with one attached hydrogen (secondary N) is 1. The second kappa shape index (κ2) is 14.1. The third-order valence-corrected chi connectivity index (χ3v) is 8.72. The van der Waals surface area contributed by atoms with Crippen molar-refractivity contribution in [2.75, 3.05) is 17.4 Å². The van der Waals surface area contributed by atoms with Crippen LogP contribution in [0.15, 0.2) is 83.8 Å². The number of sulfonamides is 1. The standard InChI is InChI=1S/C32H41N3O4S/c1-6-7-21-33-32(37)26(5)34(22-27-15-13-25(4)14-16-27)31(36)23-35(29-19-17-28(18-20-29)24(2)3)40(38,39)30-11-9-8-10-12-30/h8-20,24,26H,6-7,21-23H2,1-5H3,(H,33,37). The fourth-order valence-corrected chi connectivity index (χ4v) is 5.72. The van der Waals surface area contributed by atoms with Gasteiger partial charge in [-0.15, -0.1) is 0 Å². The van der Waals surface area contributed by atoms with E-state index in [1.54, 1.807) is 37.3 Å². The molecule has 0 saturated carbocycles. The SMILES string of the molecule is CCCCNC(=O)C(C)N(Cc1ccc(C)cc1)C(=O)CN(c1ccc(C(C)C)cc1)S(=O)(=O)c1ccccc1. The van der Waals surface area contributed by atoms with Crippen molar-refractivity contribution in [2.45, 2.75) is 70.9 Å². The Morgan fingerprint density at radius 3 is 2.08 bits per heavy atom. The Morgan fingerprint density at radius 2 is 1.50 bits per heavy atom. The summed E-state index contributed by atoms with van der Waals surface area (Å²) < 4.78 is 28.9. The van der Waals surface area contributed by atoms with E-state index in [0.29, 0.717) is 12.2 Å².